The lowest BCUT2D eigenvalue weighted by Gasteiger charge is -2.32. The highest BCUT2D eigenvalue weighted by Gasteiger charge is 2.35. The third-order valence-corrected chi connectivity index (χ3v) is 5.78. The summed E-state index contributed by atoms with van der Waals surface area (Å²) in [6, 6.07) is 2.68. The minimum atomic E-state index is -4.70. The first-order valence-corrected chi connectivity index (χ1v) is 10.3. The molecule has 0 spiro atoms. The Morgan fingerprint density at radius 1 is 1.27 bits per heavy atom. The van der Waals surface area contributed by atoms with Gasteiger partial charge in [0.15, 0.2) is 0 Å². The van der Waals surface area contributed by atoms with E-state index in [0.29, 0.717) is 18.9 Å². The molecule has 0 bridgehead atoms. The summed E-state index contributed by atoms with van der Waals surface area (Å²) in [5, 5.41) is 2.05. The van der Waals surface area contributed by atoms with Crippen molar-refractivity contribution in [3.8, 4) is 0 Å². The van der Waals surface area contributed by atoms with E-state index in [1.54, 1.807) is 0 Å². The number of hydrogen-bond donors (Lipinski definition) is 1. The molecule has 0 unspecified atom stereocenters. The number of rotatable bonds is 5. The van der Waals surface area contributed by atoms with E-state index in [4.69, 9.17) is 11.6 Å². The highest BCUT2D eigenvalue weighted by Crippen LogP contribution is 2.36. The summed E-state index contributed by atoms with van der Waals surface area (Å²) in [6.07, 6.45) is 0.275. The summed E-state index contributed by atoms with van der Waals surface area (Å²) >= 11 is 5.60. The van der Waals surface area contributed by atoms with E-state index in [1.165, 1.54) is 6.07 Å². The van der Waals surface area contributed by atoms with Gasteiger partial charge in [0.1, 0.15) is 0 Å². The Hall–Kier alpha value is -1.32. The molecule has 1 aliphatic carbocycles. The SMILES string of the molecule is CS(=O)(=O)N(CC(=O)Nc1ccc(Cl)cc1C(F)(F)F)C1CCCCC1. The van der Waals surface area contributed by atoms with Crippen LogP contribution in [-0.2, 0) is 21.0 Å². The average Bonchev–Trinajstić information content (AvgIpc) is 2.53. The lowest BCUT2D eigenvalue weighted by molar-refractivity contribution is -0.137. The van der Waals surface area contributed by atoms with Crippen LogP contribution in [0.3, 0.4) is 0 Å². The van der Waals surface area contributed by atoms with Gasteiger partial charge in [0, 0.05) is 11.1 Å². The largest absolute Gasteiger partial charge is 0.418 e. The third kappa shape index (κ3) is 5.59. The Morgan fingerprint density at radius 3 is 2.42 bits per heavy atom. The number of sulfonamides is 1. The number of benzene rings is 1. The Labute approximate surface area is 155 Å². The molecule has 1 aromatic carbocycles. The molecule has 146 valence electrons. The van der Waals surface area contributed by atoms with E-state index in [9.17, 15) is 26.4 Å². The maximum atomic E-state index is 13.1. The van der Waals surface area contributed by atoms with Gasteiger partial charge in [-0.15, -0.1) is 0 Å². The summed E-state index contributed by atoms with van der Waals surface area (Å²) in [7, 11) is -3.67. The van der Waals surface area contributed by atoms with Crippen molar-refractivity contribution >= 4 is 33.2 Å². The molecule has 0 heterocycles. The van der Waals surface area contributed by atoms with E-state index < -0.39 is 39.9 Å². The summed E-state index contributed by atoms with van der Waals surface area (Å²) in [4.78, 5) is 12.3. The fourth-order valence-electron chi connectivity index (χ4n) is 3.08. The van der Waals surface area contributed by atoms with Crippen LogP contribution in [0.25, 0.3) is 0 Å². The second-order valence-corrected chi connectivity index (χ2v) is 8.71. The van der Waals surface area contributed by atoms with Crippen molar-refractivity contribution in [2.45, 2.75) is 44.3 Å². The van der Waals surface area contributed by atoms with Gasteiger partial charge in [-0.1, -0.05) is 30.9 Å². The Kier molecular flexibility index (Phi) is 6.57. The number of hydrogen-bond acceptors (Lipinski definition) is 3. The molecule has 1 saturated carbocycles. The predicted molar refractivity (Wildman–Crippen MR) is 93.5 cm³/mol. The van der Waals surface area contributed by atoms with Gasteiger partial charge < -0.3 is 5.32 Å². The summed E-state index contributed by atoms with van der Waals surface area (Å²) < 4.78 is 64.5. The van der Waals surface area contributed by atoms with E-state index in [1.807, 2.05) is 0 Å². The van der Waals surface area contributed by atoms with Gasteiger partial charge in [-0.05, 0) is 31.0 Å². The van der Waals surface area contributed by atoms with Crippen LogP contribution in [0, 0.1) is 0 Å². The number of carbonyl (C=O) groups excluding carboxylic acids is 1. The standard InChI is InChI=1S/C16H20ClF3N2O3S/c1-26(24,25)22(12-5-3-2-4-6-12)10-15(23)21-14-8-7-11(17)9-13(14)16(18,19)20/h7-9,12H,2-6,10H2,1H3,(H,21,23). The van der Waals surface area contributed by atoms with Crippen molar-refractivity contribution in [3.63, 3.8) is 0 Å². The number of nitrogens with one attached hydrogen (secondary N) is 1. The first-order chi connectivity index (χ1) is 12.0. The molecule has 0 atom stereocenters. The molecule has 0 saturated heterocycles. The minimum absolute atomic E-state index is 0.115. The number of amides is 1. The van der Waals surface area contributed by atoms with Crippen molar-refractivity contribution in [1.29, 1.82) is 0 Å². The van der Waals surface area contributed by atoms with Crippen molar-refractivity contribution in [1.82, 2.24) is 4.31 Å². The third-order valence-electron chi connectivity index (χ3n) is 4.27. The first-order valence-electron chi connectivity index (χ1n) is 8.12. The quantitative estimate of drug-likeness (QED) is 0.797. The topological polar surface area (TPSA) is 66.5 Å². The van der Waals surface area contributed by atoms with E-state index in [0.717, 1.165) is 35.9 Å². The van der Waals surface area contributed by atoms with Crippen LogP contribution in [0.15, 0.2) is 18.2 Å². The number of anilines is 1. The maximum Gasteiger partial charge on any atom is 0.418 e. The molecular weight excluding hydrogens is 393 g/mol. The molecule has 5 nitrogen and oxygen atoms in total. The summed E-state index contributed by atoms with van der Waals surface area (Å²) in [5.74, 6) is -0.825. The number of carbonyl (C=O) groups is 1. The minimum Gasteiger partial charge on any atom is -0.324 e. The fraction of sp³-hybridized carbons (Fsp3) is 0.562. The van der Waals surface area contributed by atoms with Gasteiger partial charge in [-0.3, -0.25) is 4.79 Å². The van der Waals surface area contributed by atoms with Gasteiger partial charge in [0.2, 0.25) is 15.9 Å². The van der Waals surface area contributed by atoms with Crippen molar-refractivity contribution in [3.05, 3.63) is 28.8 Å². The maximum absolute atomic E-state index is 13.1. The van der Waals surface area contributed by atoms with Crippen molar-refractivity contribution < 1.29 is 26.4 Å². The number of halogens is 4. The van der Waals surface area contributed by atoms with Gasteiger partial charge >= 0.3 is 6.18 Å². The Balaban J connectivity index is 2.18. The molecule has 1 amide bonds. The molecule has 0 aliphatic heterocycles. The van der Waals surface area contributed by atoms with E-state index in [2.05, 4.69) is 5.32 Å². The second-order valence-electron chi connectivity index (χ2n) is 6.34. The molecule has 26 heavy (non-hydrogen) atoms. The molecule has 1 fully saturated rings. The van der Waals surface area contributed by atoms with Crippen LogP contribution in [-0.4, -0.2) is 37.5 Å². The zero-order valence-corrected chi connectivity index (χ0v) is 15.7. The van der Waals surface area contributed by atoms with Crippen LogP contribution >= 0.6 is 11.6 Å². The molecule has 1 aliphatic rings. The molecule has 0 aromatic heterocycles. The summed E-state index contributed by atoms with van der Waals surface area (Å²) in [6.45, 7) is -0.524. The van der Waals surface area contributed by atoms with Gasteiger partial charge in [-0.2, -0.15) is 17.5 Å². The van der Waals surface area contributed by atoms with Crippen LogP contribution in [0.4, 0.5) is 18.9 Å². The van der Waals surface area contributed by atoms with E-state index in [-0.39, 0.29) is 11.1 Å². The second kappa shape index (κ2) is 8.14. The van der Waals surface area contributed by atoms with Crippen LogP contribution in [0.1, 0.15) is 37.7 Å². The van der Waals surface area contributed by atoms with E-state index >= 15 is 0 Å². The zero-order chi connectivity index (χ0) is 19.5. The Bertz CT molecular complexity index is 762. The first kappa shape index (κ1) is 21.0. The monoisotopic (exact) mass is 412 g/mol. The van der Waals surface area contributed by atoms with Crippen molar-refractivity contribution in [2.24, 2.45) is 0 Å². The van der Waals surface area contributed by atoms with Crippen LogP contribution in [0.5, 0.6) is 0 Å². The highest BCUT2D eigenvalue weighted by atomic mass is 35.5. The van der Waals surface area contributed by atoms with Crippen LogP contribution in [0.2, 0.25) is 5.02 Å². The molecule has 2 rings (SSSR count). The predicted octanol–water partition coefficient (Wildman–Crippen LogP) is 3.89. The van der Waals surface area contributed by atoms with Gasteiger partial charge in [0.05, 0.1) is 24.1 Å². The number of nitrogens with zero attached hydrogens (tertiary/aromatic N) is 1. The fourth-order valence-corrected chi connectivity index (χ4v) is 4.35. The summed E-state index contributed by atoms with van der Waals surface area (Å²) in [5.41, 5.74) is -1.54. The van der Waals surface area contributed by atoms with Gasteiger partial charge in [0.25, 0.3) is 0 Å². The van der Waals surface area contributed by atoms with Crippen LogP contribution < -0.4 is 5.32 Å². The molecule has 10 heteroatoms. The molecular formula is C16H20ClF3N2O3S. The average molecular weight is 413 g/mol. The normalized spacial score (nSPS) is 16.7. The van der Waals surface area contributed by atoms with Gasteiger partial charge in [-0.25, -0.2) is 8.42 Å². The zero-order valence-electron chi connectivity index (χ0n) is 14.1. The van der Waals surface area contributed by atoms with Crippen molar-refractivity contribution in [2.75, 3.05) is 18.1 Å². The molecule has 1 aromatic rings. The molecule has 1 N–H and O–H groups in total. The Morgan fingerprint density at radius 2 is 1.88 bits per heavy atom. The lowest BCUT2D eigenvalue weighted by Crippen LogP contribution is -2.45. The molecule has 0 radical (unpaired) electrons. The highest BCUT2D eigenvalue weighted by molar-refractivity contribution is 7.88. The number of alkyl halides is 3. The smallest absolute Gasteiger partial charge is 0.324 e. The lowest BCUT2D eigenvalue weighted by atomic mass is 9.95.